The van der Waals surface area contributed by atoms with E-state index in [9.17, 15) is 9.18 Å². The summed E-state index contributed by atoms with van der Waals surface area (Å²) in [5, 5.41) is 2.63. The van der Waals surface area contributed by atoms with E-state index in [2.05, 4.69) is 21.2 Å². The highest BCUT2D eigenvalue weighted by Gasteiger charge is 2.11. The Kier molecular flexibility index (Phi) is 3.63. The third-order valence-corrected chi connectivity index (χ3v) is 2.34. The molecule has 0 aliphatic heterocycles. The molecule has 1 aromatic carbocycles. The second-order valence-corrected chi connectivity index (χ2v) is 4.00. The fraction of sp³-hybridized carbons (Fsp3) is 0.300. The molecule has 0 fully saturated rings. The van der Waals surface area contributed by atoms with E-state index < -0.39 is 0 Å². The summed E-state index contributed by atoms with van der Waals surface area (Å²) in [7, 11) is 0. The highest BCUT2D eigenvalue weighted by atomic mass is 79.9. The van der Waals surface area contributed by atoms with Crippen molar-refractivity contribution in [2.75, 3.05) is 0 Å². The molecule has 1 unspecified atom stereocenters. The molecule has 0 aliphatic carbocycles. The molecule has 76 valence electrons. The van der Waals surface area contributed by atoms with Gasteiger partial charge in [-0.2, -0.15) is 0 Å². The lowest BCUT2D eigenvalue weighted by Gasteiger charge is -2.13. The van der Waals surface area contributed by atoms with Crippen LogP contribution in [0.15, 0.2) is 22.7 Å². The molecule has 14 heavy (non-hydrogen) atoms. The maximum absolute atomic E-state index is 13.4. The number of hydrogen-bond acceptors (Lipinski definition) is 1. The van der Waals surface area contributed by atoms with Crippen molar-refractivity contribution in [1.29, 1.82) is 0 Å². The molecule has 0 aromatic heterocycles. The van der Waals surface area contributed by atoms with Crippen LogP contribution in [0.1, 0.15) is 25.5 Å². The first kappa shape index (κ1) is 11.2. The van der Waals surface area contributed by atoms with Gasteiger partial charge in [-0.1, -0.05) is 22.0 Å². The normalized spacial score (nSPS) is 12.3. The maximum atomic E-state index is 13.4. The van der Waals surface area contributed by atoms with Gasteiger partial charge in [0.15, 0.2) is 0 Å². The number of hydrogen-bond donors (Lipinski definition) is 1. The average Bonchev–Trinajstić information content (AvgIpc) is 2.01. The molecule has 1 rings (SSSR count). The summed E-state index contributed by atoms with van der Waals surface area (Å²) in [6, 6.07) is 4.48. The van der Waals surface area contributed by atoms with Gasteiger partial charge >= 0.3 is 0 Å². The van der Waals surface area contributed by atoms with E-state index in [0.717, 1.165) is 0 Å². The smallest absolute Gasteiger partial charge is 0.217 e. The van der Waals surface area contributed by atoms with Crippen molar-refractivity contribution < 1.29 is 9.18 Å². The molecule has 0 radical (unpaired) electrons. The van der Waals surface area contributed by atoms with Crippen LogP contribution in [0.4, 0.5) is 4.39 Å². The average molecular weight is 260 g/mol. The first-order valence-electron chi connectivity index (χ1n) is 4.22. The second kappa shape index (κ2) is 4.55. The minimum absolute atomic E-state index is 0.167. The van der Waals surface area contributed by atoms with E-state index >= 15 is 0 Å². The van der Waals surface area contributed by atoms with Crippen molar-refractivity contribution in [1.82, 2.24) is 5.32 Å². The first-order valence-corrected chi connectivity index (χ1v) is 5.02. The van der Waals surface area contributed by atoms with Crippen molar-refractivity contribution in [3.8, 4) is 0 Å². The van der Waals surface area contributed by atoms with Gasteiger partial charge in [0.25, 0.3) is 0 Å². The quantitative estimate of drug-likeness (QED) is 0.870. The zero-order valence-electron chi connectivity index (χ0n) is 7.97. The van der Waals surface area contributed by atoms with Crippen LogP contribution in [0, 0.1) is 5.82 Å². The molecular weight excluding hydrogens is 249 g/mol. The number of amides is 1. The number of carbonyl (C=O) groups excluding carboxylic acids is 1. The molecule has 1 amide bonds. The van der Waals surface area contributed by atoms with Crippen LogP contribution in [-0.4, -0.2) is 5.91 Å². The predicted octanol–water partition coefficient (Wildman–Crippen LogP) is 2.79. The van der Waals surface area contributed by atoms with Gasteiger partial charge in [0.05, 0.1) is 6.04 Å². The van der Waals surface area contributed by atoms with Gasteiger partial charge in [-0.15, -0.1) is 0 Å². The van der Waals surface area contributed by atoms with Crippen molar-refractivity contribution in [3.63, 3.8) is 0 Å². The van der Waals surface area contributed by atoms with E-state index in [4.69, 9.17) is 0 Å². The topological polar surface area (TPSA) is 29.1 Å². The molecule has 2 nitrogen and oxygen atoms in total. The van der Waals surface area contributed by atoms with Crippen molar-refractivity contribution in [2.24, 2.45) is 0 Å². The van der Waals surface area contributed by atoms with Gasteiger partial charge < -0.3 is 5.32 Å². The zero-order chi connectivity index (χ0) is 10.7. The van der Waals surface area contributed by atoms with E-state index in [-0.39, 0.29) is 17.8 Å². The van der Waals surface area contributed by atoms with Crippen molar-refractivity contribution in [3.05, 3.63) is 34.1 Å². The van der Waals surface area contributed by atoms with E-state index in [1.54, 1.807) is 19.1 Å². The van der Waals surface area contributed by atoms with Crippen LogP contribution in [0.5, 0.6) is 0 Å². The molecule has 0 saturated heterocycles. The highest BCUT2D eigenvalue weighted by Crippen LogP contribution is 2.20. The third-order valence-electron chi connectivity index (χ3n) is 1.85. The molecular formula is C10H11BrFNO. The standard InChI is InChI=1S/C10H11BrFNO/c1-6(13-7(2)14)9-4-3-8(11)5-10(9)12/h3-6H,1-2H3,(H,13,14). The van der Waals surface area contributed by atoms with Crippen LogP contribution in [0.2, 0.25) is 0 Å². The second-order valence-electron chi connectivity index (χ2n) is 3.09. The zero-order valence-corrected chi connectivity index (χ0v) is 9.56. The van der Waals surface area contributed by atoms with Gasteiger partial charge in [-0.05, 0) is 19.1 Å². The summed E-state index contributed by atoms with van der Waals surface area (Å²) in [5.41, 5.74) is 0.489. The predicted molar refractivity (Wildman–Crippen MR) is 56.3 cm³/mol. The lowest BCUT2D eigenvalue weighted by Crippen LogP contribution is -2.24. The summed E-state index contributed by atoms with van der Waals surface area (Å²) in [5.74, 6) is -0.486. The van der Waals surface area contributed by atoms with Crippen LogP contribution in [0.3, 0.4) is 0 Å². The van der Waals surface area contributed by atoms with Crippen LogP contribution in [0.25, 0.3) is 0 Å². The lowest BCUT2D eigenvalue weighted by molar-refractivity contribution is -0.119. The van der Waals surface area contributed by atoms with Gasteiger partial charge in [-0.25, -0.2) is 4.39 Å². The number of halogens is 2. The van der Waals surface area contributed by atoms with E-state index in [1.807, 2.05) is 0 Å². The fourth-order valence-corrected chi connectivity index (χ4v) is 1.57. The minimum atomic E-state index is -0.319. The first-order chi connectivity index (χ1) is 6.50. The maximum Gasteiger partial charge on any atom is 0.217 e. The highest BCUT2D eigenvalue weighted by molar-refractivity contribution is 9.10. The Morgan fingerprint density at radius 3 is 2.71 bits per heavy atom. The van der Waals surface area contributed by atoms with Crippen LogP contribution < -0.4 is 5.32 Å². The monoisotopic (exact) mass is 259 g/mol. The van der Waals surface area contributed by atoms with Gasteiger partial charge in [-0.3, -0.25) is 4.79 Å². The Hall–Kier alpha value is -0.900. The Balaban J connectivity index is 2.90. The molecule has 1 aromatic rings. The number of rotatable bonds is 2. The molecule has 0 heterocycles. The molecule has 4 heteroatoms. The minimum Gasteiger partial charge on any atom is -0.350 e. The van der Waals surface area contributed by atoms with Gasteiger partial charge in [0, 0.05) is 17.0 Å². The molecule has 1 atom stereocenters. The summed E-state index contributed by atoms with van der Waals surface area (Å²) < 4.78 is 14.1. The van der Waals surface area contributed by atoms with Gasteiger partial charge in [0.2, 0.25) is 5.91 Å². The van der Waals surface area contributed by atoms with Crippen molar-refractivity contribution in [2.45, 2.75) is 19.9 Å². The molecule has 0 saturated carbocycles. The Morgan fingerprint density at radius 2 is 2.21 bits per heavy atom. The molecule has 0 bridgehead atoms. The summed E-state index contributed by atoms with van der Waals surface area (Å²) in [6.45, 7) is 3.15. The summed E-state index contributed by atoms with van der Waals surface area (Å²) in [6.07, 6.45) is 0. The largest absolute Gasteiger partial charge is 0.350 e. The Bertz CT molecular complexity index is 354. The Morgan fingerprint density at radius 1 is 1.57 bits per heavy atom. The van der Waals surface area contributed by atoms with E-state index in [1.165, 1.54) is 13.0 Å². The lowest BCUT2D eigenvalue weighted by atomic mass is 10.1. The molecule has 1 N–H and O–H groups in total. The SMILES string of the molecule is CC(=O)NC(C)c1ccc(Br)cc1F. The third kappa shape index (κ3) is 2.80. The Labute approximate surface area is 90.6 Å². The molecule has 0 aliphatic rings. The van der Waals surface area contributed by atoms with Crippen LogP contribution in [-0.2, 0) is 4.79 Å². The molecule has 0 spiro atoms. The summed E-state index contributed by atoms with van der Waals surface area (Å²) >= 11 is 3.17. The van der Waals surface area contributed by atoms with Crippen LogP contribution >= 0.6 is 15.9 Å². The number of carbonyl (C=O) groups is 1. The number of nitrogens with one attached hydrogen (secondary N) is 1. The number of benzene rings is 1. The van der Waals surface area contributed by atoms with E-state index in [0.29, 0.717) is 10.0 Å². The van der Waals surface area contributed by atoms with Gasteiger partial charge in [0.1, 0.15) is 5.82 Å². The fourth-order valence-electron chi connectivity index (χ4n) is 1.24. The summed E-state index contributed by atoms with van der Waals surface area (Å²) in [4.78, 5) is 10.8. The van der Waals surface area contributed by atoms with Crippen molar-refractivity contribution >= 4 is 21.8 Å².